The highest BCUT2D eigenvalue weighted by Crippen LogP contribution is 2.40. The van der Waals surface area contributed by atoms with Crippen LogP contribution in [-0.2, 0) is 0 Å². The highest BCUT2D eigenvalue weighted by atomic mass is 19.4. The Morgan fingerprint density at radius 2 is 1.84 bits per heavy atom. The first-order valence-corrected chi connectivity index (χ1v) is 7.92. The molecule has 1 aliphatic carbocycles. The Bertz CT molecular complexity index is 914. The van der Waals surface area contributed by atoms with Crippen molar-refractivity contribution in [3.63, 3.8) is 0 Å². The molecule has 1 fully saturated rings. The third kappa shape index (κ3) is 2.88. The summed E-state index contributed by atoms with van der Waals surface area (Å²) in [5.41, 5.74) is 8.84. The second-order valence-electron chi connectivity index (χ2n) is 6.07. The summed E-state index contributed by atoms with van der Waals surface area (Å²) in [6.07, 6.45) is 0.148. The number of anilines is 1. The molecule has 1 aromatic carbocycles. The molecular weight excluding hydrogens is 333 g/mol. The topological polar surface area (TPSA) is 66.0 Å². The first-order valence-electron chi connectivity index (χ1n) is 7.92. The van der Waals surface area contributed by atoms with Crippen molar-refractivity contribution in [3.8, 4) is 11.4 Å². The molecular formula is C17H15F3N4O. The van der Waals surface area contributed by atoms with Crippen LogP contribution in [0.5, 0.6) is 5.75 Å². The number of nitrogen functional groups attached to an aromatic ring is 1. The molecule has 1 saturated carbocycles. The maximum Gasteiger partial charge on any atom is 0.573 e. The normalized spacial score (nSPS) is 15.3. The van der Waals surface area contributed by atoms with Crippen molar-refractivity contribution in [1.29, 1.82) is 0 Å². The molecule has 1 aliphatic rings. The summed E-state index contributed by atoms with van der Waals surface area (Å²) in [5.74, 6) is 0.0717. The monoisotopic (exact) mass is 348 g/mol. The number of alkyl halides is 3. The lowest BCUT2D eigenvalue weighted by Gasteiger charge is -2.23. The molecule has 0 unspecified atom stereocenters. The van der Waals surface area contributed by atoms with E-state index >= 15 is 0 Å². The molecule has 2 N–H and O–H groups in total. The Labute approximate surface area is 141 Å². The van der Waals surface area contributed by atoms with Crippen LogP contribution in [0.2, 0.25) is 0 Å². The van der Waals surface area contributed by atoms with E-state index in [1.165, 1.54) is 24.3 Å². The highest BCUT2D eigenvalue weighted by molar-refractivity contribution is 5.91. The number of hydrogen-bond donors (Lipinski definition) is 1. The molecule has 2 aromatic heterocycles. The van der Waals surface area contributed by atoms with E-state index in [9.17, 15) is 13.2 Å². The Balaban J connectivity index is 1.77. The van der Waals surface area contributed by atoms with Crippen molar-refractivity contribution in [2.24, 2.45) is 0 Å². The number of nitrogens with zero attached hydrogens (tertiary/aromatic N) is 3. The van der Waals surface area contributed by atoms with E-state index in [0.717, 1.165) is 30.3 Å². The van der Waals surface area contributed by atoms with Crippen LogP contribution in [-0.4, -0.2) is 21.1 Å². The lowest BCUT2D eigenvalue weighted by molar-refractivity contribution is -0.274. The first-order chi connectivity index (χ1) is 11.9. The van der Waals surface area contributed by atoms with Crippen molar-refractivity contribution in [3.05, 3.63) is 42.2 Å². The Kier molecular flexibility index (Phi) is 3.55. The molecule has 0 spiro atoms. The van der Waals surface area contributed by atoms with Gasteiger partial charge in [-0.15, -0.1) is 13.2 Å². The molecule has 25 heavy (non-hydrogen) atoms. The fourth-order valence-corrected chi connectivity index (χ4v) is 3.03. The Morgan fingerprint density at radius 1 is 1.12 bits per heavy atom. The molecule has 8 heteroatoms. The number of benzene rings is 1. The molecule has 2 heterocycles. The highest BCUT2D eigenvalue weighted by Gasteiger charge is 2.31. The smallest absolute Gasteiger partial charge is 0.406 e. The zero-order valence-corrected chi connectivity index (χ0v) is 13.1. The quantitative estimate of drug-likeness (QED) is 0.771. The van der Waals surface area contributed by atoms with Crippen LogP contribution in [0.25, 0.3) is 16.7 Å². The SMILES string of the molecule is Nc1ccnc2c1c(C1CCC1)nn2-c1ccc(OC(F)(F)F)cc1. The lowest BCUT2D eigenvalue weighted by Crippen LogP contribution is -2.17. The summed E-state index contributed by atoms with van der Waals surface area (Å²) in [5, 5.41) is 5.48. The zero-order chi connectivity index (χ0) is 17.6. The minimum absolute atomic E-state index is 0.278. The van der Waals surface area contributed by atoms with E-state index in [1.54, 1.807) is 16.9 Å². The number of hydrogen-bond acceptors (Lipinski definition) is 4. The predicted molar refractivity (Wildman–Crippen MR) is 86.6 cm³/mol. The van der Waals surface area contributed by atoms with Gasteiger partial charge in [-0.2, -0.15) is 5.10 Å². The molecule has 3 aromatic rings. The number of ether oxygens (including phenoxy) is 1. The third-order valence-corrected chi connectivity index (χ3v) is 4.43. The van der Waals surface area contributed by atoms with Gasteiger partial charge in [0.25, 0.3) is 0 Å². The van der Waals surface area contributed by atoms with E-state index in [2.05, 4.69) is 14.8 Å². The average Bonchev–Trinajstić information content (AvgIpc) is 2.85. The number of aromatic nitrogens is 3. The Hall–Kier alpha value is -2.77. The van der Waals surface area contributed by atoms with E-state index in [4.69, 9.17) is 5.73 Å². The molecule has 0 atom stereocenters. The van der Waals surface area contributed by atoms with Gasteiger partial charge in [0.15, 0.2) is 5.65 Å². The summed E-state index contributed by atoms with van der Waals surface area (Å²) in [6, 6.07) is 7.28. The van der Waals surface area contributed by atoms with Crippen LogP contribution in [0.4, 0.5) is 18.9 Å². The summed E-state index contributed by atoms with van der Waals surface area (Å²) in [7, 11) is 0. The van der Waals surface area contributed by atoms with Crippen LogP contribution in [0.15, 0.2) is 36.5 Å². The van der Waals surface area contributed by atoms with E-state index in [1.807, 2.05) is 0 Å². The van der Waals surface area contributed by atoms with Crippen molar-refractivity contribution in [1.82, 2.24) is 14.8 Å². The molecule has 0 bridgehead atoms. The van der Waals surface area contributed by atoms with Crippen LogP contribution in [0, 0.1) is 0 Å². The fraction of sp³-hybridized carbons (Fsp3) is 0.294. The van der Waals surface area contributed by atoms with Gasteiger partial charge in [-0.1, -0.05) is 6.42 Å². The molecule has 0 saturated heterocycles. The van der Waals surface area contributed by atoms with Crippen molar-refractivity contribution in [2.75, 3.05) is 5.73 Å². The largest absolute Gasteiger partial charge is 0.573 e. The summed E-state index contributed by atoms with van der Waals surface area (Å²) in [6.45, 7) is 0. The lowest BCUT2D eigenvalue weighted by atomic mass is 9.82. The second kappa shape index (κ2) is 5.65. The van der Waals surface area contributed by atoms with Gasteiger partial charge >= 0.3 is 6.36 Å². The minimum atomic E-state index is -4.71. The zero-order valence-electron chi connectivity index (χ0n) is 13.1. The van der Waals surface area contributed by atoms with Crippen molar-refractivity contribution >= 4 is 16.7 Å². The first kappa shape index (κ1) is 15.7. The number of rotatable bonds is 3. The number of pyridine rings is 1. The van der Waals surface area contributed by atoms with Gasteiger partial charge in [0.05, 0.1) is 16.8 Å². The van der Waals surface area contributed by atoms with Gasteiger partial charge in [-0.25, -0.2) is 9.67 Å². The molecule has 5 nitrogen and oxygen atoms in total. The Morgan fingerprint density at radius 3 is 2.44 bits per heavy atom. The van der Waals surface area contributed by atoms with Gasteiger partial charge in [0.1, 0.15) is 5.75 Å². The molecule has 0 aliphatic heterocycles. The van der Waals surface area contributed by atoms with E-state index in [-0.39, 0.29) is 5.75 Å². The predicted octanol–water partition coefficient (Wildman–Crippen LogP) is 4.17. The fourth-order valence-electron chi connectivity index (χ4n) is 3.03. The summed E-state index contributed by atoms with van der Waals surface area (Å²) >= 11 is 0. The summed E-state index contributed by atoms with van der Waals surface area (Å²) < 4.78 is 42.4. The maximum absolute atomic E-state index is 12.3. The number of fused-ring (bicyclic) bond motifs is 1. The van der Waals surface area contributed by atoms with Crippen LogP contribution in [0.3, 0.4) is 0 Å². The van der Waals surface area contributed by atoms with Crippen LogP contribution < -0.4 is 10.5 Å². The van der Waals surface area contributed by atoms with Crippen molar-refractivity contribution < 1.29 is 17.9 Å². The molecule has 0 amide bonds. The van der Waals surface area contributed by atoms with Crippen LogP contribution in [0.1, 0.15) is 30.9 Å². The van der Waals surface area contributed by atoms with Crippen molar-refractivity contribution in [2.45, 2.75) is 31.5 Å². The third-order valence-electron chi connectivity index (χ3n) is 4.43. The second-order valence-corrected chi connectivity index (χ2v) is 6.07. The van der Waals surface area contributed by atoms with Gasteiger partial charge < -0.3 is 10.5 Å². The average molecular weight is 348 g/mol. The standard InChI is InChI=1S/C17H15F3N4O/c18-17(19,20)25-12-6-4-11(5-7-12)24-16-14(13(21)8-9-22-16)15(23-24)10-2-1-3-10/h4-10H,1-3H2,(H2,21,22). The van der Waals surface area contributed by atoms with Gasteiger partial charge in [0.2, 0.25) is 0 Å². The molecule has 0 radical (unpaired) electrons. The summed E-state index contributed by atoms with van der Waals surface area (Å²) in [4.78, 5) is 4.37. The van der Waals surface area contributed by atoms with Gasteiger partial charge in [-0.05, 0) is 43.2 Å². The number of nitrogens with two attached hydrogens (primary N) is 1. The molecule has 130 valence electrons. The maximum atomic E-state index is 12.3. The molecule has 4 rings (SSSR count). The van der Waals surface area contributed by atoms with Gasteiger partial charge in [-0.3, -0.25) is 0 Å². The van der Waals surface area contributed by atoms with E-state index in [0.29, 0.717) is 22.9 Å². The minimum Gasteiger partial charge on any atom is -0.406 e. The van der Waals surface area contributed by atoms with Gasteiger partial charge in [0, 0.05) is 17.8 Å². The van der Waals surface area contributed by atoms with E-state index < -0.39 is 6.36 Å². The van der Waals surface area contributed by atoms with Crippen LogP contribution >= 0.6 is 0 Å². The number of halogens is 3.